The molecule has 0 heterocycles. The summed E-state index contributed by atoms with van der Waals surface area (Å²) in [7, 11) is 4.02. The molecule has 2 N–H and O–H groups in total. The van der Waals surface area contributed by atoms with Gasteiger partial charge in [0.05, 0.1) is 12.0 Å². The zero-order valence-electron chi connectivity index (χ0n) is 13.3. The molecule has 1 amide bonds. The van der Waals surface area contributed by atoms with E-state index in [1.807, 2.05) is 33.2 Å². The van der Waals surface area contributed by atoms with Gasteiger partial charge in [0.15, 0.2) is 0 Å². The third-order valence-electron chi connectivity index (χ3n) is 4.05. The van der Waals surface area contributed by atoms with Gasteiger partial charge < -0.3 is 15.3 Å². The van der Waals surface area contributed by atoms with Crippen LogP contribution in [0.4, 0.5) is 5.69 Å². The number of nitrogens with zero attached hydrogens (tertiary/aromatic N) is 1. The zero-order valence-corrected chi connectivity index (χ0v) is 13.3. The molecule has 21 heavy (non-hydrogen) atoms. The lowest BCUT2D eigenvalue weighted by molar-refractivity contribution is -0.120. The molecule has 0 spiro atoms. The van der Waals surface area contributed by atoms with Gasteiger partial charge in [-0.25, -0.2) is 0 Å². The molecule has 1 aromatic rings. The first-order valence-electron chi connectivity index (χ1n) is 7.64. The molecule has 0 radical (unpaired) electrons. The number of nitrogens with one attached hydrogen (secondary N) is 1. The second kappa shape index (κ2) is 6.58. The lowest BCUT2D eigenvalue weighted by atomic mass is 9.97. The standard InChI is InChI=1S/C17H26N2O2/c1-13-6-7-15(14(10-13)12-19(2)3)18-16(20)11-17(21)8-4-5-9-17/h6-7,10,21H,4-5,8-9,11-12H2,1-3H3,(H,18,20). The van der Waals surface area contributed by atoms with Crippen LogP contribution in [-0.2, 0) is 11.3 Å². The van der Waals surface area contributed by atoms with Gasteiger partial charge in [-0.2, -0.15) is 0 Å². The number of hydrogen-bond acceptors (Lipinski definition) is 3. The molecular weight excluding hydrogens is 264 g/mol. The Morgan fingerprint density at radius 3 is 2.62 bits per heavy atom. The fourth-order valence-corrected chi connectivity index (χ4v) is 3.02. The van der Waals surface area contributed by atoms with Crippen molar-refractivity contribution in [2.24, 2.45) is 0 Å². The number of hydrogen-bond donors (Lipinski definition) is 2. The van der Waals surface area contributed by atoms with E-state index in [0.29, 0.717) is 0 Å². The van der Waals surface area contributed by atoms with Crippen LogP contribution in [0, 0.1) is 6.92 Å². The monoisotopic (exact) mass is 290 g/mol. The summed E-state index contributed by atoms with van der Waals surface area (Å²) in [6.45, 7) is 2.83. The van der Waals surface area contributed by atoms with Gasteiger partial charge in [-0.3, -0.25) is 4.79 Å². The fraction of sp³-hybridized carbons (Fsp3) is 0.588. The molecule has 0 saturated heterocycles. The summed E-state index contributed by atoms with van der Waals surface area (Å²) in [4.78, 5) is 14.3. The maximum atomic E-state index is 12.2. The van der Waals surface area contributed by atoms with Crippen LogP contribution in [0.5, 0.6) is 0 Å². The summed E-state index contributed by atoms with van der Waals surface area (Å²) >= 11 is 0. The number of aliphatic hydroxyl groups is 1. The van der Waals surface area contributed by atoms with Gasteiger partial charge in [-0.05, 0) is 45.5 Å². The van der Waals surface area contributed by atoms with Gasteiger partial charge in [0.1, 0.15) is 0 Å². The van der Waals surface area contributed by atoms with Crippen LogP contribution in [0.15, 0.2) is 18.2 Å². The minimum Gasteiger partial charge on any atom is -0.389 e. The highest BCUT2D eigenvalue weighted by atomic mass is 16.3. The van der Waals surface area contributed by atoms with Crippen molar-refractivity contribution >= 4 is 11.6 Å². The predicted octanol–water partition coefficient (Wildman–Crippen LogP) is 2.69. The van der Waals surface area contributed by atoms with Crippen molar-refractivity contribution in [3.05, 3.63) is 29.3 Å². The van der Waals surface area contributed by atoms with E-state index in [1.165, 1.54) is 5.56 Å². The van der Waals surface area contributed by atoms with Crippen LogP contribution in [-0.4, -0.2) is 35.6 Å². The predicted molar refractivity (Wildman–Crippen MR) is 85.2 cm³/mol. The second-order valence-electron chi connectivity index (χ2n) is 6.55. The summed E-state index contributed by atoms with van der Waals surface area (Å²) in [5.74, 6) is -0.0942. The highest BCUT2D eigenvalue weighted by molar-refractivity contribution is 5.92. The van der Waals surface area contributed by atoms with Gasteiger partial charge in [0.25, 0.3) is 0 Å². The number of carbonyl (C=O) groups excluding carboxylic acids is 1. The van der Waals surface area contributed by atoms with Crippen LogP contribution < -0.4 is 5.32 Å². The average Bonchev–Trinajstić information content (AvgIpc) is 2.78. The molecular formula is C17H26N2O2. The van der Waals surface area contributed by atoms with Gasteiger partial charge in [0.2, 0.25) is 5.91 Å². The number of carbonyl (C=O) groups is 1. The molecule has 1 aliphatic carbocycles. The summed E-state index contributed by atoms with van der Waals surface area (Å²) in [5, 5.41) is 13.3. The van der Waals surface area contributed by atoms with Crippen molar-refractivity contribution in [1.29, 1.82) is 0 Å². The minimum absolute atomic E-state index is 0.0942. The van der Waals surface area contributed by atoms with Gasteiger partial charge in [0, 0.05) is 12.2 Å². The molecule has 0 bridgehead atoms. The van der Waals surface area contributed by atoms with Gasteiger partial charge in [-0.1, -0.05) is 30.5 Å². The molecule has 4 heteroatoms. The third kappa shape index (κ3) is 4.55. The molecule has 1 aromatic carbocycles. The van der Waals surface area contributed by atoms with Crippen LogP contribution in [0.25, 0.3) is 0 Å². The Hall–Kier alpha value is -1.39. The Labute approximate surface area is 127 Å². The number of rotatable bonds is 5. The number of anilines is 1. The largest absolute Gasteiger partial charge is 0.389 e. The molecule has 1 fully saturated rings. The smallest absolute Gasteiger partial charge is 0.227 e. The number of benzene rings is 1. The first kappa shape index (κ1) is 16.0. The molecule has 0 unspecified atom stereocenters. The molecule has 0 aromatic heterocycles. The van der Waals surface area contributed by atoms with E-state index in [4.69, 9.17) is 0 Å². The van der Waals surface area contributed by atoms with E-state index in [-0.39, 0.29) is 12.3 Å². The van der Waals surface area contributed by atoms with Crippen LogP contribution in [0.3, 0.4) is 0 Å². The molecule has 2 rings (SSSR count). The first-order valence-corrected chi connectivity index (χ1v) is 7.64. The van der Waals surface area contributed by atoms with E-state index in [1.54, 1.807) is 0 Å². The van der Waals surface area contributed by atoms with Crippen LogP contribution in [0.2, 0.25) is 0 Å². The average molecular weight is 290 g/mol. The van der Waals surface area contributed by atoms with Crippen LogP contribution >= 0.6 is 0 Å². The SMILES string of the molecule is Cc1ccc(NC(=O)CC2(O)CCCC2)c(CN(C)C)c1. The minimum atomic E-state index is -0.795. The highest BCUT2D eigenvalue weighted by Crippen LogP contribution is 2.32. The maximum Gasteiger partial charge on any atom is 0.227 e. The quantitative estimate of drug-likeness (QED) is 0.876. The molecule has 1 aliphatic rings. The van der Waals surface area contributed by atoms with Crippen molar-refractivity contribution in [2.45, 2.75) is 51.2 Å². The van der Waals surface area contributed by atoms with E-state index in [9.17, 15) is 9.90 Å². The molecule has 116 valence electrons. The normalized spacial score (nSPS) is 17.2. The van der Waals surface area contributed by atoms with Crippen molar-refractivity contribution in [3.8, 4) is 0 Å². The Morgan fingerprint density at radius 1 is 1.33 bits per heavy atom. The Balaban J connectivity index is 2.06. The van der Waals surface area contributed by atoms with E-state index >= 15 is 0 Å². The second-order valence-corrected chi connectivity index (χ2v) is 6.55. The first-order chi connectivity index (χ1) is 9.88. The fourth-order valence-electron chi connectivity index (χ4n) is 3.02. The Bertz CT molecular complexity index is 506. The molecule has 0 atom stereocenters. The van der Waals surface area contributed by atoms with Crippen molar-refractivity contribution in [2.75, 3.05) is 19.4 Å². The van der Waals surface area contributed by atoms with Crippen molar-refractivity contribution in [3.63, 3.8) is 0 Å². The van der Waals surface area contributed by atoms with Crippen molar-refractivity contribution in [1.82, 2.24) is 4.90 Å². The van der Waals surface area contributed by atoms with Gasteiger partial charge >= 0.3 is 0 Å². The third-order valence-corrected chi connectivity index (χ3v) is 4.05. The lowest BCUT2D eigenvalue weighted by Crippen LogP contribution is -2.31. The molecule has 1 saturated carbocycles. The zero-order chi connectivity index (χ0) is 15.5. The molecule has 0 aliphatic heterocycles. The van der Waals surface area contributed by atoms with Crippen LogP contribution in [0.1, 0.15) is 43.2 Å². The maximum absolute atomic E-state index is 12.2. The summed E-state index contributed by atoms with van der Waals surface area (Å²) in [6, 6.07) is 6.05. The Morgan fingerprint density at radius 2 is 2.00 bits per heavy atom. The lowest BCUT2D eigenvalue weighted by Gasteiger charge is -2.22. The summed E-state index contributed by atoms with van der Waals surface area (Å²) < 4.78 is 0. The summed E-state index contributed by atoms with van der Waals surface area (Å²) in [6.07, 6.45) is 3.69. The van der Waals surface area contributed by atoms with E-state index in [0.717, 1.165) is 43.5 Å². The molecule has 4 nitrogen and oxygen atoms in total. The number of amides is 1. The summed E-state index contributed by atoms with van der Waals surface area (Å²) in [5.41, 5.74) is 2.34. The van der Waals surface area contributed by atoms with E-state index in [2.05, 4.69) is 16.3 Å². The number of aryl methyl sites for hydroxylation is 1. The topological polar surface area (TPSA) is 52.6 Å². The van der Waals surface area contributed by atoms with Crippen molar-refractivity contribution < 1.29 is 9.90 Å². The highest BCUT2D eigenvalue weighted by Gasteiger charge is 2.33. The Kier molecular flexibility index (Phi) is 5.01. The van der Waals surface area contributed by atoms with Gasteiger partial charge in [-0.15, -0.1) is 0 Å². The van der Waals surface area contributed by atoms with E-state index < -0.39 is 5.60 Å².